The highest BCUT2D eigenvalue weighted by molar-refractivity contribution is 6.33. The van der Waals surface area contributed by atoms with Crippen LogP contribution in [0.25, 0.3) is 0 Å². The SMILES string of the molecule is CCC(C)(CCO)Nc1ncc(N)cc1Cl. The summed E-state index contributed by atoms with van der Waals surface area (Å²) in [5.41, 5.74) is 5.90. The summed E-state index contributed by atoms with van der Waals surface area (Å²) in [5, 5.41) is 12.8. The number of nitrogens with one attached hydrogen (secondary N) is 1. The van der Waals surface area contributed by atoms with E-state index in [0.717, 1.165) is 6.42 Å². The standard InChI is InChI=1S/C11H18ClN3O/c1-3-11(2,4-5-16)15-10-9(12)6-8(13)7-14-10/h6-7,16H,3-5,13H2,1-2H3,(H,14,15). The number of halogens is 1. The van der Waals surface area contributed by atoms with Crippen molar-refractivity contribution in [1.82, 2.24) is 4.98 Å². The summed E-state index contributed by atoms with van der Waals surface area (Å²) < 4.78 is 0. The summed E-state index contributed by atoms with van der Waals surface area (Å²) in [6.45, 7) is 4.20. The first-order valence-corrected chi connectivity index (χ1v) is 5.68. The molecule has 90 valence electrons. The van der Waals surface area contributed by atoms with Gasteiger partial charge in [0.1, 0.15) is 5.82 Å². The van der Waals surface area contributed by atoms with Gasteiger partial charge in [0.25, 0.3) is 0 Å². The molecule has 1 rings (SSSR count). The predicted molar refractivity (Wildman–Crippen MR) is 67.7 cm³/mol. The molecule has 0 saturated heterocycles. The molecule has 4 nitrogen and oxygen atoms in total. The number of nitrogens with two attached hydrogens (primary N) is 1. The van der Waals surface area contributed by atoms with Gasteiger partial charge < -0.3 is 16.2 Å². The zero-order valence-corrected chi connectivity index (χ0v) is 10.4. The summed E-state index contributed by atoms with van der Waals surface area (Å²) >= 11 is 6.03. The lowest BCUT2D eigenvalue weighted by atomic mass is 9.95. The molecule has 1 atom stereocenters. The van der Waals surface area contributed by atoms with Crippen molar-refractivity contribution in [3.8, 4) is 0 Å². The molecule has 4 N–H and O–H groups in total. The molecule has 16 heavy (non-hydrogen) atoms. The van der Waals surface area contributed by atoms with Crippen LogP contribution in [0.15, 0.2) is 12.3 Å². The third kappa shape index (κ3) is 3.25. The Bertz CT molecular complexity index is 359. The van der Waals surface area contributed by atoms with Crippen LogP contribution in [-0.4, -0.2) is 22.2 Å². The van der Waals surface area contributed by atoms with E-state index in [0.29, 0.717) is 22.9 Å². The van der Waals surface area contributed by atoms with Crippen LogP contribution in [0.4, 0.5) is 11.5 Å². The van der Waals surface area contributed by atoms with E-state index in [1.165, 1.54) is 0 Å². The first kappa shape index (κ1) is 13.1. The van der Waals surface area contributed by atoms with Crippen molar-refractivity contribution in [3.63, 3.8) is 0 Å². The lowest BCUT2D eigenvalue weighted by Gasteiger charge is -2.30. The molecule has 0 bridgehead atoms. The van der Waals surface area contributed by atoms with E-state index in [2.05, 4.69) is 10.3 Å². The zero-order valence-electron chi connectivity index (χ0n) is 9.63. The minimum absolute atomic E-state index is 0.129. The van der Waals surface area contributed by atoms with Crippen molar-refractivity contribution in [2.75, 3.05) is 17.7 Å². The highest BCUT2D eigenvalue weighted by Crippen LogP contribution is 2.27. The van der Waals surface area contributed by atoms with Gasteiger partial charge in [-0.05, 0) is 25.8 Å². The lowest BCUT2D eigenvalue weighted by Crippen LogP contribution is -2.35. The third-order valence-corrected chi connectivity index (χ3v) is 3.01. The molecule has 1 heterocycles. The number of aromatic nitrogens is 1. The number of aliphatic hydroxyl groups is 1. The van der Waals surface area contributed by atoms with Gasteiger partial charge in [-0.3, -0.25) is 0 Å². The first-order valence-electron chi connectivity index (χ1n) is 5.31. The number of rotatable bonds is 5. The van der Waals surface area contributed by atoms with E-state index in [-0.39, 0.29) is 12.1 Å². The van der Waals surface area contributed by atoms with Crippen molar-refractivity contribution < 1.29 is 5.11 Å². The predicted octanol–water partition coefficient (Wildman–Crippen LogP) is 2.28. The second-order valence-electron chi connectivity index (χ2n) is 4.11. The Morgan fingerprint density at radius 3 is 2.81 bits per heavy atom. The van der Waals surface area contributed by atoms with Gasteiger partial charge in [0, 0.05) is 12.1 Å². The van der Waals surface area contributed by atoms with Gasteiger partial charge in [-0.25, -0.2) is 4.98 Å². The molecule has 5 heteroatoms. The fourth-order valence-corrected chi connectivity index (χ4v) is 1.63. The number of nitrogen functional groups attached to an aromatic ring is 1. The van der Waals surface area contributed by atoms with E-state index in [4.69, 9.17) is 22.4 Å². The average Bonchev–Trinajstić information content (AvgIpc) is 2.23. The monoisotopic (exact) mass is 243 g/mol. The number of anilines is 2. The fraction of sp³-hybridized carbons (Fsp3) is 0.545. The van der Waals surface area contributed by atoms with Gasteiger partial charge in [-0.15, -0.1) is 0 Å². The van der Waals surface area contributed by atoms with Crippen molar-refractivity contribution in [1.29, 1.82) is 0 Å². The summed E-state index contributed by atoms with van der Waals surface area (Å²) in [7, 11) is 0. The summed E-state index contributed by atoms with van der Waals surface area (Å²) in [5.74, 6) is 0.605. The number of hydrogen-bond acceptors (Lipinski definition) is 4. The Labute approximate surface area is 101 Å². The topological polar surface area (TPSA) is 71.2 Å². The number of hydrogen-bond donors (Lipinski definition) is 3. The molecule has 0 amide bonds. The molecule has 0 fully saturated rings. The minimum atomic E-state index is -0.207. The highest BCUT2D eigenvalue weighted by atomic mass is 35.5. The molecule has 0 aliphatic rings. The smallest absolute Gasteiger partial charge is 0.145 e. The van der Waals surface area contributed by atoms with Crippen LogP contribution >= 0.6 is 11.6 Å². The van der Waals surface area contributed by atoms with Crippen molar-refractivity contribution in [2.45, 2.75) is 32.2 Å². The third-order valence-electron chi connectivity index (χ3n) is 2.73. The van der Waals surface area contributed by atoms with Crippen LogP contribution in [0.2, 0.25) is 5.02 Å². The second-order valence-corrected chi connectivity index (χ2v) is 4.52. The van der Waals surface area contributed by atoms with E-state index in [1.54, 1.807) is 12.3 Å². The van der Waals surface area contributed by atoms with E-state index >= 15 is 0 Å². The molecule has 0 spiro atoms. The van der Waals surface area contributed by atoms with Gasteiger partial charge in [-0.1, -0.05) is 18.5 Å². The highest BCUT2D eigenvalue weighted by Gasteiger charge is 2.22. The van der Waals surface area contributed by atoms with Crippen molar-refractivity contribution in [3.05, 3.63) is 17.3 Å². The van der Waals surface area contributed by atoms with Crippen LogP contribution in [0.3, 0.4) is 0 Å². The molecular formula is C11H18ClN3O. The van der Waals surface area contributed by atoms with Gasteiger partial charge in [0.15, 0.2) is 0 Å². The van der Waals surface area contributed by atoms with Crippen LogP contribution < -0.4 is 11.1 Å². The maximum atomic E-state index is 9.01. The van der Waals surface area contributed by atoms with Gasteiger partial charge in [0.05, 0.1) is 16.9 Å². The average molecular weight is 244 g/mol. The Morgan fingerprint density at radius 2 is 2.31 bits per heavy atom. The second kappa shape index (κ2) is 5.37. The molecule has 0 aliphatic heterocycles. The van der Waals surface area contributed by atoms with Crippen LogP contribution in [0.5, 0.6) is 0 Å². The minimum Gasteiger partial charge on any atom is -0.397 e. The largest absolute Gasteiger partial charge is 0.397 e. The van der Waals surface area contributed by atoms with Crippen molar-refractivity contribution in [2.24, 2.45) is 0 Å². The van der Waals surface area contributed by atoms with Crippen molar-refractivity contribution >= 4 is 23.1 Å². The molecule has 0 saturated carbocycles. The van der Waals surface area contributed by atoms with Gasteiger partial charge >= 0.3 is 0 Å². The van der Waals surface area contributed by atoms with Gasteiger partial charge in [0.2, 0.25) is 0 Å². The summed E-state index contributed by atoms with van der Waals surface area (Å²) in [6.07, 6.45) is 3.07. The van der Waals surface area contributed by atoms with Crippen LogP contribution in [0, 0.1) is 0 Å². The maximum absolute atomic E-state index is 9.01. The molecule has 0 radical (unpaired) electrons. The Kier molecular flexibility index (Phi) is 4.38. The molecule has 0 aromatic carbocycles. The number of aliphatic hydroxyl groups excluding tert-OH is 1. The lowest BCUT2D eigenvalue weighted by molar-refractivity contribution is 0.252. The zero-order chi connectivity index (χ0) is 12.2. The Morgan fingerprint density at radius 1 is 1.62 bits per heavy atom. The normalized spacial score (nSPS) is 14.5. The summed E-state index contributed by atoms with van der Waals surface area (Å²) in [4.78, 5) is 4.14. The van der Waals surface area contributed by atoms with E-state index in [1.807, 2.05) is 13.8 Å². The molecule has 1 unspecified atom stereocenters. The molecular weight excluding hydrogens is 226 g/mol. The van der Waals surface area contributed by atoms with Gasteiger partial charge in [-0.2, -0.15) is 0 Å². The maximum Gasteiger partial charge on any atom is 0.145 e. The Balaban J connectivity index is 2.85. The quantitative estimate of drug-likeness (QED) is 0.742. The van der Waals surface area contributed by atoms with E-state index in [9.17, 15) is 0 Å². The fourth-order valence-electron chi connectivity index (χ4n) is 1.40. The Hall–Kier alpha value is -1.00. The van der Waals surface area contributed by atoms with Crippen LogP contribution in [0.1, 0.15) is 26.7 Å². The molecule has 0 aliphatic carbocycles. The molecule has 1 aromatic rings. The summed E-state index contributed by atoms with van der Waals surface area (Å²) in [6, 6.07) is 1.66. The van der Waals surface area contributed by atoms with E-state index < -0.39 is 0 Å². The first-order chi connectivity index (χ1) is 7.50. The molecule has 1 aromatic heterocycles. The van der Waals surface area contributed by atoms with Crippen LogP contribution in [-0.2, 0) is 0 Å². The number of nitrogens with zero attached hydrogens (tertiary/aromatic N) is 1. The number of pyridine rings is 1.